The number of hydrogen-bond donors (Lipinski definition) is 2. The second kappa shape index (κ2) is 10.8. The van der Waals surface area contributed by atoms with Gasteiger partial charge in [-0.3, -0.25) is 9.59 Å². The van der Waals surface area contributed by atoms with E-state index in [1.165, 1.54) is 18.7 Å². The summed E-state index contributed by atoms with van der Waals surface area (Å²) in [4.78, 5) is 24.0. The number of amides is 1. The maximum atomic E-state index is 12.6. The fraction of sp³-hybridized carbons (Fsp3) is 0.273. The van der Waals surface area contributed by atoms with Crippen LogP contribution >= 0.6 is 35.0 Å². The van der Waals surface area contributed by atoms with Crippen molar-refractivity contribution in [2.75, 3.05) is 10.6 Å². The maximum Gasteiger partial charge on any atom is 0.237 e. The van der Waals surface area contributed by atoms with Gasteiger partial charge < -0.3 is 15.2 Å². The number of carbonyl (C=O) groups is 2. The van der Waals surface area contributed by atoms with Gasteiger partial charge in [-0.25, -0.2) is 0 Å². The third-order valence-corrected chi connectivity index (χ3v) is 6.33. The van der Waals surface area contributed by atoms with Gasteiger partial charge >= 0.3 is 0 Å². The highest BCUT2D eigenvalue weighted by atomic mass is 35.5. The third-order valence-electron chi connectivity index (χ3n) is 4.69. The summed E-state index contributed by atoms with van der Waals surface area (Å²) in [6, 6.07) is 12.0. The molecule has 0 aliphatic carbocycles. The second-order valence-electron chi connectivity index (χ2n) is 7.00. The predicted octanol–water partition coefficient (Wildman–Crippen LogP) is 5.54. The van der Waals surface area contributed by atoms with Gasteiger partial charge in [0.05, 0.1) is 22.5 Å². The Morgan fingerprint density at radius 3 is 2.50 bits per heavy atom. The van der Waals surface area contributed by atoms with Crippen LogP contribution in [0.25, 0.3) is 0 Å². The molecule has 1 amide bonds. The van der Waals surface area contributed by atoms with Gasteiger partial charge in [-0.15, -0.1) is 10.2 Å². The van der Waals surface area contributed by atoms with Crippen LogP contribution in [0.2, 0.25) is 10.0 Å². The molecule has 1 aromatic heterocycles. The van der Waals surface area contributed by atoms with Crippen LogP contribution in [-0.2, 0) is 17.9 Å². The van der Waals surface area contributed by atoms with Gasteiger partial charge in [0.15, 0.2) is 16.8 Å². The highest BCUT2D eigenvalue weighted by Gasteiger charge is 2.20. The van der Waals surface area contributed by atoms with Crippen molar-refractivity contribution < 1.29 is 9.59 Å². The van der Waals surface area contributed by atoms with Gasteiger partial charge in [-0.2, -0.15) is 0 Å². The topological polar surface area (TPSA) is 88.9 Å². The number of ketones is 1. The first-order valence-corrected chi connectivity index (χ1v) is 11.6. The van der Waals surface area contributed by atoms with Crippen molar-refractivity contribution in [2.24, 2.45) is 0 Å². The molecule has 0 aliphatic heterocycles. The molecule has 2 N–H and O–H groups in total. The molecule has 0 unspecified atom stereocenters. The normalized spacial score (nSPS) is 11.8. The highest BCUT2D eigenvalue weighted by Crippen LogP contribution is 2.27. The smallest absolute Gasteiger partial charge is 0.237 e. The first-order valence-electron chi connectivity index (χ1n) is 9.98. The number of rotatable bonds is 9. The number of aromatic nitrogens is 3. The molecule has 0 saturated heterocycles. The van der Waals surface area contributed by atoms with Crippen molar-refractivity contribution >= 4 is 58.0 Å². The summed E-state index contributed by atoms with van der Waals surface area (Å²) in [5.41, 5.74) is 1.94. The minimum atomic E-state index is -0.403. The third kappa shape index (κ3) is 6.03. The van der Waals surface area contributed by atoms with E-state index in [1.807, 2.05) is 18.4 Å². The first-order chi connectivity index (χ1) is 15.3. The molecule has 0 fully saturated rings. The van der Waals surface area contributed by atoms with Gasteiger partial charge in [0.2, 0.25) is 5.91 Å². The lowest BCUT2D eigenvalue weighted by Crippen LogP contribution is -2.23. The molecule has 32 heavy (non-hydrogen) atoms. The van der Waals surface area contributed by atoms with Gasteiger partial charge in [-0.05, 0) is 63.2 Å². The SMILES string of the molecule is CCn1c(CNc2cc(Cl)ccc2Cl)nnc1S[C@@H](C)C(=O)Nc1ccc(C(C)=O)cc1. The Labute approximate surface area is 200 Å². The zero-order chi connectivity index (χ0) is 23.3. The van der Waals surface area contributed by atoms with Crippen LogP contribution in [0.3, 0.4) is 0 Å². The molecule has 0 spiro atoms. The molecular formula is C22H23Cl2N5O2S. The highest BCUT2D eigenvalue weighted by molar-refractivity contribution is 8.00. The van der Waals surface area contributed by atoms with E-state index in [-0.39, 0.29) is 11.7 Å². The summed E-state index contributed by atoms with van der Waals surface area (Å²) in [5, 5.41) is 16.0. The number of benzene rings is 2. The lowest BCUT2D eigenvalue weighted by atomic mass is 10.1. The Balaban J connectivity index is 1.63. The Hall–Kier alpha value is -2.55. The summed E-state index contributed by atoms with van der Waals surface area (Å²) in [5.74, 6) is 0.536. The molecule has 0 saturated carbocycles. The van der Waals surface area contributed by atoms with Crippen LogP contribution in [0.15, 0.2) is 47.6 Å². The summed E-state index contributed by atoms with van der Waals surface area (Å²) < 4.78 is 1.95. The molecule has 168 valence electrons. The molecule has 1 atom stereocenters. The van der Waals surface area contributed by atoms with Crippen molar-refractivity contribution in [3.63, 3.8) is 0 Å². The van der Waals surface area contributed by atoms with Crippen molar-refractivity contribution in [1.29, 1.82) is 0 Å². The zero-order valence-electron chi connectivity index (χ0n) is 17.9. The van der Waals surface area contributed by atoms with Crippen LogP contribution in [0.5, 0.6) is 0 Å². The van der Waals surface area contributed by atoms with Crippen molar-refractivity contribution in [2.45, 2.75) is 44.3 Å². The number of nitrogens with zero attached hydrogens (tertiary/aromatic N) is 3. The summed E-state index contributed by atoms with van der Waals surface area (Å²) >= 11 is 13.6. The first kappa shape index (κ1) is 24.1. The van der Waals surface area contributed by atoms with Crippen molar-refractivity contribution in [3.8, 4) is 0 Å². The quantitative estimate of drug-likeness (QED) is 0.301. The Bertz CT molecular complexity index is 1120. The Morgan fingerprint density at radius 1 is 1.12 bits per heavy atom. The minimum Gasteiger partial charge on any atom is -0.376 e. The van der Waals surface area contributed by atoms with Gasteiger partial charge in [0.1, 0.15) is 0 Å². The number of Topliss-reactive ketones (excluding diaryl/α,β-unsaturated/α-hetero) is 1. The average Bonchev–Trinajstić information content (AvgIpc) is 3.15. The van der Waals surface area contributed by atoms with E-state index in [9.17, 15) is 9.59 Å². The molecule has 3 rings (SSSR count). The molecule has 10 heteroatoms. The molecule has 3 aromatic rings. The number of nitrogens with one attached hydrogen (secondary N) is 2. The number of hydrogen-bond acceptors (Lipinski definition) is 6. The van der Waals surface area contributed by atoms with E-state index >= 15 is 0 Å². The van der Waals surface area contributed by atoms with Crippen molar-refractivity contribution in [3.05, 3.63) is 63.9 Å². The molecule has 0 aliphatic rings. The van der Waals surface area contributed by atoms with Gasteiger partial charge in [-0.1, -0.05) is 35.0 Å². The lowest BCUT2D eigenvalue weighted by molar-refractivity contribution is -0.115. The summed E-state index contributed by atoms with van der Waals surface area (Å²) in [6.07, 6.45) is 0. The Morgan fingerprint density at radius 2 is 1.84 bits per heavy atom. The summed E-state index contributed by atoms with van der Waals surface area (Å²) in [6.45, 7) is 6.36. The number of halogens is 2. The van der Waals surface area contributed by atoms with Gasteiger partial charge in [0, 0.05) is 22.8 Å². The monoisotopic (exact) mass is 491 g/mol. The van der Waals surface area contributed by atoms with E-state index in [1.54, 1.807) is 42.5 Å². The zero-order valence-corrected chi connectivity index (χ0v) is 20.2. The van der Waals surface area contributed by atoms with Crippen LogP contribution < -0.4 is 10.6 Å². The van der Waals surface area contributed by atoms with E-state index < -0.39 is 5.25 Å². The fourth-order valence-electron chi connectivity index (χ4n) is 2.91. The Kier molecular flexibility index (Phi) is 8.17. The predicted molar refractivity (Wildman–Crippen MR) is 130 cm³/mol. The number of anilines is 2. The van der Waals surface area contributed by atoms with Crippen LogP contribution in [0.1, 0.15) is 37.0 Å². The molecule has 0 bridgehead atoms. The van der Waals surface area contributed by atoms with Crippen molar-refractivity contribution in [1.82, 2.24) is 14.8 Å². The van der Waals surface area contributed by atoms with E-state index in [2.05, 4.69) is 20.8 Å². The molecule has 2 aromatic carbocycles. The van der Waals surface area contributed by atoms with E-state index in [0.717, 1.165) is 5.82 Å². The molecular weight excluding hydrogens is 469 g/mol. The molecule has 0 radical (unpaired) electrons. The average molecular weight is 492 g/mol. The minimum absolute atomic E-state index is 0.0198. The largest absolute Gasteiger partial charge is 0.376 e. The fourth-order valence-corrected chi connectivity index (χ4v) is 4.19. The lowest BCUT2D eigenvalue weighted by Gasteiger charge is -2.13. The van der Waals surface area contributed by atoms with E-state index in [4.69, 9.17) is 23.2 Å². The molecule has 1 heterocycles. The van der Waals surface area contributed by atoms with Gasteiger partial charge in [0.25, 0.3) is 0 Å². The second-order valence-corrected chi connectivity index (χ2v) is 9.16. The van der Waals surface area contributed by atoms with Crippen LogP contribution in [0, 0.1) is 0 Å². The number of carbonyl (C=O) groups excluding carboxylic acids is 2. The standard InChI is InChI=1S/C22H23Cl2N5O2S/c1-4-29-20(12-25-19-11-16(23)7-10-18(19)24)27-28-22(29)32-14(3)21(31)26-17-8-5-15(6-9-17)13(2)30/h5-11,14,25H,4,12H2,1-3H3,(H,26,31)/t14-/m0/s1. The van der Waals surface area contributed by atoms with Crippen LogP contribution in [0.4, 0.5) is 11.4 Å². The van der Waals surface area contributed by atoms with E-state index in [0.29, 0.717) is 45.2 Å². The van der Waals surface area contributed by atoms with Crippen LogP contribution in [-0.4, -0.2) is 31.7 Å². The summed E-state index contributed by atoms with van der Waals surface area (Å²) in [7, 11) is 0. The molecule has 7 nitrogen and oxygen atoms in total. The number of thioether (sulfide) groups is 1. The maximum absolute atomic E-state index is 12.6.